The fourth-order valence-electron chi connectivity index (χ4n) is 2.12. The van der Waals surface area contributed by atoms with Crippen LogP contribution in [0.2, 0.25) is 0 Å². The molecular weight excluding hydrogens is 346 g/mol. The smallest absolute Gasteiger partial charge is 0.277 e. The zero-order valence-corrected chi connectivity index (χ0v) is 14.3. The van der Waals surface area contributed by atoms with Crippen LogP contribution in [-0.4, -0.2) is 45.8 Å². The normalized spacial score (nSPS) is 10.6. The zero-order valence-electron chi connectivity index (χ0n) is 13.5. The number of aromatic nitrogens is 4. The number of nitrogens with one attached hydrogen (secondary N) is 3. The molecule has 10 heteroatoms. The molecule has 130 valence electrons. The van der Waals surface area contributed by atoms with Crippen LogP contribution in [0.1, 0.15) is 0 Å². The van der Waals surface area contributed by atoms with Crippen LogP contribution >= 0.6 is 11.8 Å². The van der Waals surface area contributed by atoms with Crippen molar-refractivity contribution in [1.82, 2.24) is 19.9 Å². The SMILES string of the molecule is COc1ccc(OC)c(NC(=O)CSc2nc3nc[nH]c3c(=O)[nH]2)c1. The number of fused-ring (bicyclic) bond motifs is 1. The molecule has 1 amide bonds. The van der Waals surface area contributed by atoms with E-state index in [0.29, 0.717) is 33.5 Å². The van der Waals surface area contributed by atoms with Gasteiger partial charge in [0, 0.05) is 6.07 Å². The minimum atomic E-state index is -0.333. The van der Waals surface area contributed by atoms with Crippen LogP contribution in [-0.2, 0) is 4.79 Å². The molecule has 0 radical (unpaired) electrons. The molecule has 1 aromatic carbocycles. The molecule has 2 aromatic heterocycles. The van der Waals surface area contributed by atoms with Gasteiger partial charge in [-0.15, -0.1) is 0 Å². The first kappa shape index (κ1) is 16.8. The molecule has 3 aromatic rings. The molecule has 0 fully saturated rings. The number of thioether (sulfide) groups is 1. The molecule has 25 heavy (non-hydrogen) atoms. The number of aromatic amines is 2. The van der Waals surface area contributed by atoms with Crippen molar-refractivity contribution in [2.45, 2.75) is 5.16 Å². The summed E-state index contributed by atoms with van der Waals surface area (Å²) < 4.78 is 10.4. The highest BCUT2D eigenvalue weighted by atomic mass is 32.2. The van der Waals surface area contributed by atoms with Crippen LogP contribution in [0.3, 0.4) is 0 Å². The molecule has 3 rings (SSSR count). The Hall–Kier alpha value is -3.01. The lowest BCUT2D eigenvalue weighted by Gasteiger charge is -2.11. The number of imidazole rings is 1. The van der Waals surface area contributed by atoms with E-state index in [1.165, 1.54) is 20.5 Å². The second-order valence-corrected chi connectivity index (χ2v) is 5.84. The van der Waals surface area contributed by atoms with Gasteiger partial charge in [0.25, 0.3) is 5.56 Å². The molecule has 0 aliphatic rings. The average molecular weight is 361 g/mol. The van der Waals surface area contributed by atoms with Crippen molar-refractivity contribution in [2.75, 3.05) is 25.3 Å². The summed E-state index contributed by atoms with van der Waals surface area (Å²) >= 11 is 1.10. The van der Waals surface area contributed by atoms with Crippen molar-refractivity contribution < 1.29 is 14.3 Å². The molecule has 9 nitrogen and oxygen atoms in total. The van der Waals surface area contributed by atoms with Gasteiger partial charge in [0.05, 0.1) is 32.0 Å². The molecule has 0 atom stereocenters. The Morgan fingerprint density at radius 1 is 1.32 bits per heavy atom. The van der Waals surface area contributed by atoms with E-state index in [0.717, 1.165) is 11.8 Å². The fourth-order valence-corrected chi connectivity index (χ4v) is 2.78. The van der Waals surface area contributed by atoms with Crippen LogP contribution < -0.4 is 20.3 Å². The number of ether oxygens (including phenoxy) is 2. The third kappa shape index (κ3) is 3.74. The zero-order chi connectivity index (χ0) is 17.8. The number of hydrogen-bond acceptors (Lipinski definition) is 7. The van der Waals surface area contributed by atoms with E-state index in [-0.39, 0.29) is 17.2 Å². The van der Waals surface area contributed by atoms with Gasteiger partial charge in [-0.05, 0) is 12.1 Å². The lowest BCUT2D eigenvalue weighted by atomic mass is 10.2. The standard InChI is InChI=1S/C15H15N5O4S/c1-23-8-3-4-10(24-2)9(5-8)18-11(21)6-25-15-19-13-12(14(22)20-15)16-7-17-13/h3-5,7H,6H2,1-2H3,(H,18,21)(H2,16,17,19,20,22). The van der Waals surface area contributed by atoms with Crippen LogP contribution in [0.15, 0.2) is 34.5 Å². The van der Waals surface area contributed by atoms with Gasteiger partial charge in [-0.25, -0.2) is 9.97 Å². The summed E-state index contributed by atoms with van der Waals surface area (Å²) in [7, 11) is 3.05. The lowest BCUT2D eigenvalue weighted by molar-refractivity contribution is -0.113. The van der Waals surface area contributed by atoms with Gasteiger partial charge in [-0.3, -0.25) is 14.6 Å². The number of anilines is 1. The highest BCUT2D eigenvalue weighted by Crippen LogP contribution is 2.29. The van der Waals surface area contributed by atoms with E-state index < -0.39 is 0 Å². The summed E-state index contributed by atoms with van der Waals surface area (Å²) in [6, 6.07) is 5.10. The summed E-state index contributed by atoms with van der Waals surface area (Å²) in [6.45, 7) is 0. The Morgan fingerprint density at radius 2 is 2.16 bits per heavy atom. The van der Waals surface area contributed by atoms with Gasteiger partial charge in [0.15, 0.2) is 16.3 Å². The third-order valence-electron chi connectivity index (χ3n) is 3.30. The number of rotatable bonds is 6. The van der Waals surface area contributed by atoms with E-state index in [9.17, 15) is 9.59 Å². The van der Waals surface area contributed by atoms with E-state index in [4.69, 9.17) is 9.47 Å². The minimum absolute atomic E-state index is 0.0548. The van der Waals surface area contributed by atoms with Crippen molar-refractivity contribution in [1.29, 1.82) is 0 Å². The van der Waals surface area contributed by atoms with E-state index >= 15 is 0 Å². The molecule has 3 N–H and O–H groups in total. The van der Waals surface area contributed by atoms with E-state index in [2.05, 4.69) is 25.3 Å². The number of hydrogen-bond donors (Lipinski definition) is 3. The quantitative estimate of drug-likeness (QED) is 0.448. The summed E-state index contributed by atoms with van der Waals surface area (Å²) in [5.41, 5.74) is 0.771. The predicted octanol–water partition coefficient (Wildman–Crippen LogP) is 1.39. The Kier molecular flexibility index (Phi) is 4.89. The van der Waals surface area contributed by atoms with Crippen LogP contribution in [0, 0.1) is 0 Å². The number of methoxy groups -OCH3 is 2. The van der Waals surface area contributed by atoms with E-state index in [1.807, 2.05) is 0 Å². The molecule has 0 aliphatic heterocycles. The largest absolute Gasteiger partial charge is 0.497 e. The van der Waals surface area contributed by atoms with Crippen LogP contribution in [0.25, 0.3) is 11.2 Å². The molecule has 0 saturated carbocycles. The third-order valence-corrected chi connectivity index (χ3v) is 4.17. The van der Waals surface area contributed by atoms with Gasteiger partial charge in [0.1, 0.15) is 11.5 Å². The highest BCUT2D eigenvalue weighted by Gasteiger charge is 2.12. The maximum Gasteiger partial charge on any atom is 0.277 e. The second kappa shape index (κ2) is 7.26. The monoisotopic (exact) mass is 361 g/mol. The predicted molar refractivity (Wildman–Crippen MR) is 93.4 cm³/mol. The molecule has 0 unspecified atom stereocenters. The summed E-state index contributed by atoms with van der Waals surface area (Å²) in [5.74, 6) is 0.892. The minimum Gasteiger partial charge on any atom is -0.497 e. The van der Waals surface area contributed by atoms with Gasteiger partial charge in [0.2, 0.25) is 5.91 Å². The van der Waals surface area contributed by atoms with Crippen LogP contribution in [0.4, 0.5) is 5.69 Å². The van der Waals surface area contributed by atoms with Crippen molar-refractivity contribution in [3.63, 3.8) is 0 Å². The average Bonchev–Trinajstić information content (AvgIpc) is 3.09. The molecule has 0 saturated heterocycles. The maximum absolute atomic E-state index is 12.2. The van der Waals surface area contributed by atoms with Crippen molar-refractivity contribution in [3.05, 3.63) is 34.9 Å². The number of carbonyl (C=O) groups is 1. The first-order chi connectivity index (χ1) is 12.1. The maximum atomic E-state index is 12.2. The number of nitrogens with zero attached hydrogens (tertiary/aromatic N) is 2. The number of H-pyrrole nitrogens is 2. The molecule has 0 aliphatic carbocycles. The number of amides is 1. The molecular formula is C15H15N5O4S. The van der Waals surface area contributed by atoms with Crippen molar-refractivity contribution >= 4 is 34.5 Å². The highest BCUT2D eigenvalue weighted by molar-refractivity contribution is 7.99. The summed E-state index contributed by atoms with van der Waals surface area (Å²) in [5, 5.41) is 3.06. The Bertz CT molecular complexity index is 968. The first-order valence-electron chi connectivity index (χ1n) is 7.19. The Balaban J connectivity index is 1.69. The first-order valence-corrected chi connectivity index (χ1v) is 8.17. The molecule has 2 heterocycles. The van der Waals surface area contributed by atoms with Crippen molar-refractivity contribution in [3.8, 4) is 11.5 Å². The molecule has 0 bridgehead atoms. The number of carbonyl (C=O) groups excluding carboxylic acids is 1. The fraction of sp³-hybridized carbons (Fsp3) is 0.200. The van der Waals surface area contributed by atoms with Crippen molar-refractivity contribution in [2.24, 2.45) is 0 Å². The summed E-state index contributed by atoms with van der Waals surface area (Å²) in [6.07, 6.45) is 1.39. The van der Waals surface area contributed by atoms with Gasteiger partial charge in [-0.1, -0.05) is 11.8 Å². The summed E-state index contributed by atoms with van der Waals surface area (Å²) in [4.78, 5) is 37.4. The van der Waals surface area contributed by atoms with Gasteiger partial charge in [-0.2, -0.15) is 0 Å². The Labute approximate surface area is 146 Å². The van der Waals surface area contributed by atoms with E-state index in [1.54, 1.807) is 18.2 Å². The van der Waals surface area contributed by atoms with Gasteiger partial charge < -0.3 is 19.8 Å². The lowest BCUT2D eigenvalue weighted by Crippen LogP contribution is -2.16. The number of benzene rings is 1. The van der Waals surface area contributed by atoms with Gasteiger partial charge >= 0.3 is 0 Å². The molecule has 0 spiro atoms. The topological polar surface area (TPSA) is 122 Å². The Morgan fingerprint density at radius 3 is 2.92 bits per heavy atom. The second-order valence-electron chi connectivity index (χ2n) is 4.88. The van der Waals surface area contributed by atoms with Crippen LogP contribution in [0.5, 0.6) is 11.5 Å².